The quantitative estimate of drug-likeness (QED) is 0.865. The van der Waals surface area contributed by atoms with Gasteiger partial charge in [-0.05, 0) is 38.5 Å². The summed E-state index contributed by atoms with van der Waals surface area (Å²) >= 11 is 6.11. The number of rotatable bonds is 5. The molecule has 0 aliphatic rings. The molecule has 1 amide bonds. The molecule has 122 valence electrons. The molecule has 0 radical (unpaired) electrons. The molecule has 0 aliphatic carbocycles. The zero-order valence-corrected chi connectivity index (χ0v) is 13.7. The third-order valence-electron chi connectivity index (χ3n) is 2.66. The lowest BCUT2D eigenvalue weighted by Crippen LogP contribution is -2.27. The molecule has 1 aromatic carbocycles. The molecular weight excluding hydrogens is 310 g/mol. The van der Waals surface area contributed by atoms with Crippen LogP contribution in [-0.4, -0.2) is 36.0 Å². The topological polar surface area (TPSA) is 84.9 Å². The molecule has 0 spiro atoms. The van der Waals surface area contributed by atoms with E-state index in [2.05, 4.69) is 5.32 Å². The minimum atomic E-state index is -1.06. The van der Waals surface area contributed by atoms with Crippen LogP contribution >= 0.6 is 11.6 Å². The zero-order chi connectivity index (χ0) is 16.9. The number of nitrogens with one attached hydrogen (secondary N) is 1. The van der Waals surface area contributed by atoms with E-state index in [9.17, 15) is 9.59 Å². The molecule has 1 aromatic rings. The lowest BCUT2D eigenvalue weighted by atomic mass is 10.1. The van der Waals surface area contributed by atoms with E-state index < -0.39 is 23.8 Å². The monoisotopic (exact) mass is 329 g/mol. The standard InChI is InChI=1S/C15H20ClNO5/c1-15(2,3)22-14(20)17-10-6-5-9(11(16)8-10)7-12(21-4)13(18)19/h5-6,8,12H,7H2,1-4H3,(H,17,20)(H,18,19). The van der Waals surface area contributed by atoms with Gasteiger partial charge in [0.2, 0.25) is 0 Å². The van der Waals surface area contributed by atoms with Gasteiger partial charge in [0.05, 0.1) is 0 Å². The van der Waals surface area contributed by atoms with E-state index in [1.165, 1.54) is 13.2 Å². The molecule has 1 atom stereocenters. The lowest BCUT2D eigenvalue weighted by Gasteiger charge is -2.20. The number of hydrogen-bond donors (Lipinski definition) is 2. The number of carboxylic acid groups (broad SMARTS) is 1. The maximum Gasteiger partial charge on any atom is 0.412 e. The van der Waals surface area contributed by atoms with Crippen molar-refractivity contribution in [1.29, 1.82) is 0 Å². The van der Waals surface area contributed by atoms with Crippen molar-refractivity contribution in [2.45, 2.75) is 38.9 Å². The summed E-state index contributed by atoms with van der Waals surface area (Å²) in [4.78, 5) is 22.6. The van der Waals surface area contributed by atoms with Crippen molar-refractivity contribution in [3.05, 3.63) is 28.8 Å². The van der Waals surface area contributed by atoms with Crippen LogP contribution in [0.4, 0.5) is 10.5 Å². The van der Waals surface area contributed by atoms with E-state index in [0.29, 0.717) is 16.3 Å². The highest BCUT2D eigenvalue weighted by molar-refractivity contribution is 6.31. The van der Waals surface area contributed by atoms with Crippen LogP contribution in [0.3, 0.4) is 0 Å². The summed E-state index contributed by atoms with van der Waals surface area (Å²) in [6.07, 6.45) is -1.42. The minimum Gasteiger partial charge on any atom is -0.479 e. The number of halogens is 1. The number of amides is 1. The average Bonchev–Trinajstić information content (AvgIpc) is 2.35. The van der Waals surface area contributed by atoms with Crippen molar-refractivity contribution in [3.8, 4) is 0 Å². The predicted octanol–water partition coefficient (Wildman–Crippen LogP) is 3.33. The van der Waals surface area contributed by atoms with Crippen LogP contribution in [-0.2, 0) is 20.7 Å². The second kappa shape index (κ2) is 7.47. The van der Waals surface area contributed by atoms with E-state index in [0.717, 1.165) is 0 Å². The molecule has 7 heteroatoms. The fourth-order valence-corrected chi connectivity index (χ4v) is 1.94. The van der Waals surface area contributed by atoms with E-state index in [1.807, 2.05) is 0 Å². The second-order valence-electron chi connectivity index (χ2n) is 5.70. The van der Waals surface area contributed by atoms with E-state index in [1.54, 1.807) is 32.9 Å². The minimum absolute atomic E-state index is 0.136. The zero-order valence-electron chi connectivity index (χ0n) is 13.0. The second-order valence-corrected chi connectivity index (χ2v) is 6.11. The van der Waals surface area contributed by atoms with Gasteiger partial charge in [-0.2, -0.15) is 0 Å². The highest BCUT2D eigenvalue weighted by Gasteiger charge is 2.19. The normalized spacial score (nSPS) is 12.6. The highest BCUT2D eigenvalue weighted by Crippen LogP contribution is 2.23. The molecule has 0 bridgehead atoms. The van der Waals surface area contributed by atoms with Gasteiger partial charge in [0, 0.05) is 24.2 Å². The molecule has 0 aliphatic heterocycles. The van der Waals surface area contributed by atoms with Crippen molar-refractivity contribution in [2.75, 3.05) is 12.4 Å². The number of hydrogen-bond acceptors (Lipinski definition) is 4. The molecule has 0 heterocycles. The first-order valence-corrected chi connectivity index (χ1v) is 7.04. The summed E-state index contributed by atoms with van der Waals surface area (Å²) in [7, 11) is 1.32. The van der Waals surface area contributed by atoms with E-state index >= 15 is 0 Å². The maximum atomic E-state index is 11.7. The molecule has 0 aromatic heterocycles. The van der Waals surface area contributed by atoms with Crippen LogP contribution in [0, 0.1) is 0 Å². The van der Waals surface area contributed by atoms with Crippen molar-refractivity contribution in [2.24, 2.45) is 0 Å². The SMILES string of the molecule is COC(Cc1ccc(NC(=O)OC(C)(C)C)cc1Cl)C(=O)O. The smallest absolute Gasteiger partial charge is 0.412 e. The highest BCUT2D eigenvalue weighted by atomic mass is 35.5. The fraction of sp³-hybridized carbons (Fsp3) is 0.467. The fourth-order valence-electron chi connectivity index (χ4n) is 1.68. The summed E-state index contributed by atoms with van der Waals surface area (Å²) in [6.45, 7) is 5.29. The number of carbonyl (C=O) groups excluding carboxylic acids is 1. The van der Waals surface area contributed by atoms with Gasteiger partial charge >= 0.3 is 12.1 Å². The first-order valence-electron chi connectivity index (χ1n) is 6.66. The number of carbonyl (C=O) groups is 2. The summed E-state index contributed by atoms with van der Waals surface area (Å²) in [5, 5.41) is 11.9. The number of ether oxygens (including phenoxy) is 2. The Balaban J connectivity index is 2.77. The largest absolute Gasteiger partial charge is 0.479 e. The Labute approximate surface area is 134 Å². The van der Waals surface area contributed by atoms with Gasteiger partial charge in [0.15, 0.2) is 6.10 Å². The maximum absolute atomic E-state index is 11.7. The van der Waals surface area contributed by atoms with Gasteiger partial charge in [-0.15, -0.1) is 0 Å². The molecular formula is C15H20ClNO5. The summed E-state index contributed by atoms with van der Waals surface area (Å²) in [6, 6.07) is 4.80. The van der Waals surface area contributed by atoms with Crippen molar-refractivity contribution >= 4 is 29.4 Å². The summed E-state index contributed by atoms with van der Waals surface area (Å²) in [5.41, 5.74) is 0.485. The van der Waals surface area contributed by atoms with Crippen LogP contribution in [0.5, 0.6) is 0 Å². The first kappa shape index (κ1) is 18.3. The van der Waals surface area contributed by atoms with Crippen LogP contribution < -0.4 is 5.32 Å². The number of benzene rings is 1. The summed E-state index contributed by atoms with van der Waals surface area (Å²) in [5.74, 6) is -1.06. The molecule has 22 heavy (non-hydrogen) atoms. The first-order chi connectivity index (χ1) is 10.1. The third kappa shape index (κ3) is 5.91. The molecule has 6 nitrogen and oxygen atoms in total. The van der Waals surface area contributed by atoms with Crippen LogP contribution in [0.2, 0.25) is 5.02 Å². The Hall–Kier alpha value is -1.79. The van der Waals surface area contributed by atoms with Gasteiger partial charge in [0.1, 0.15) is 5.60 Å². The van der Waals surface area contributed by atoms with Gasteiger partial charge in [-0.3, -0.25) is 5.32 Å². The number of anilines is 1. The molecule has 0 fully saturated rings. The van der Waals surface area contributed by atoms with E-state index in [4.69, 9.17) is 26.2 Å². The van der Waals surface area contributed by atoms with Crippen molar-refractivity contribution in [1.82, 2.24) is 0 Å². The predicted molar refractivity (Wildman–Crippen MR) is 83.4 cm³/mol. The third-order valence-corrected chi connectivity index (χ3v) is 3.02. The molecule has 0 saturated carbocycles. The molecule has 1 rings (SSSR count). The van der Waals surface area contributed by atoms with Gasteiger partial charge in [0.25, 0.3) is 0 Å². The Bertz CT molecular complexity index is 553. The van der Waals surface area contributed by atoms with Gasteiger partial charge in [-0.1, -0.05) is 17.7 Å². The number of carboxylic acids is 1. The Morgan fingerprint density at radius 2 is 2.00 bits per heavy atom. The summed E-state index contributed by atoms with van der Waals surface area (Å²) < 4.78 is 10.0. The van der Waals surface area contributed by atoms with E-state index in [-0.39, 0.29) is 6.42 Å². The van der Waals surface area contributed by atoms with Gasteiger partial charge in [-0.25, -0.2) is 9.59 Å². The Kier molecular flexibility index (Phi) is 6.20. The number of aliphatic carboxylic acids is 1. The lowest BCUT2D eigenvalue weighted by molar-refractivity contribution is -0.148. The Morgan fingerprint density at radius 3 is 2.45 bits per heavy atom. The van der Waals surface area contributed by atoms with Crippen LogP contribution in [0.15, 0.2) is 18.2 Å². The molecule has 1 unspecified atom stereocenters. The molecule has 0 saturated heterocycles. The molecule has 2 N–H and O–H groups in total. The van der Waals surface area contributed by atoms with Crippen molar-refractivity contribution in [3.63, 3.8) is 0 Å². The van der Waals surface area contributed by atoms with Crippen molar-refractivity contribution < 1.29 is 24.2 Å². The number of methoxy groups -OCH3 is 1. The average molecular weight is 330 g/mol. The van der Waals surface area contributed by atoms with Gasteiger partial charge < -0.3 is 14.6 Å². The van der Waals surface area contributed by atoms with Crippen LogP contribution in [0.1, 0.15) is 26.3 Å². The van der Waals surface area contributed by atoms with Crippen LogP contribution in [0.25, 0.3) is 0 Å². The Morgan fingerprint density at radius 1 is 1.36 bits per heavy atom.